The SMILES string of the molecule is CCCNC(Cc1cccs1)Cc1c(F)cccc1F. The van der Waals surface area contributed by atoms with E-state index < -0.39 is 11.6 Å². The molecule has 1 heterocycles. The van der Waals surface area contributed by atoms with Crippen molar-refractivity contribution in [2.24, 2.45) is 0 Å². The maximum absolute atomic E-state index is 13.7. The first-order valence-corrected chi connectivity index (χ1v) is 7.77. The predicted molar refractivity (Wildman–Crippen MR) is 80.2 cm³/mol. The van der Waals surface area contributed by atoms with Gasteiger partial charge in [0.15, 0.2) is 0 Å². The van der Waals surface area contributed by atoms with E-state index >= 15 is 0 Å². The molecule has 0 radical (unpaired) electrons. The highest BCUT2D eigenvalue weighted by atomic mass is 32.1. The highest BCUT2D eigenvalue weighted by Crippen LogP contribution is 2.18. The third-order valence-electron chi connectivity index (χ3n) is 3.22. The van der Waals surface area contributed by atoms with Crippen LogP contribution in [0.3, 0.4) is 0 Å². The molecule has 1 N–H and O–H groups in total. The van der Waals surface area contributed by atoms with Crippen LogP contribution in [0.15, 0.2) is 35.7 Å². The van der Waals surface area contributed by atoms with E-state index in [1.54, 1.807) is 11.3 Å². The van der Waals surface area contributed by atoms with Crippen LogP contribution in [-0.4, -0.2) is 12.6 Å². The van der Waals surface area contributed by atoms with Gasteiger partial charge >= 0.3 is 0 Å². The molecule has 0 aliphatic rings. The Hall–Kier alpha value is -1.26. The Balaban J connectivity index is 2.10. The molecule has 0 saturated carbocycles. The monoisotopic (exact) mass is 295 g/mol. The Kier molecular flexibility index (Phi) is 5.68. The lowest BCUT2D eigenvalue weighted by molar-refractivity contribution is 0.476. The molecule has 2 rings (SSSR count). The Morgan fingerprint density at radius 3 is 2.45 bits per heavy atom. The molecule has 1 aromatic heterocycles. The molecule has 1 nitrogen and oxygen atoms in total. The lowest BCUT2D eigenvalue weighted by Gasteiger charge is -2.18. The van der Waals surface area contributed by atoms with Crippen LogP contribution in [0.5, 0.6) is 0 Å². The number of hydrogen-bond acceptors (Lipinski definition) is 2. The van der Waals surface area contributed by atoms with Crippen molar-refractivity contribution in [3.8, 4) is 0 Å². The van der Waals surface area contributed by atoms with E-state index in [2.05, 4.69) is 18.3 Å². The van der Waals surface area contributed by atoms with Gasteiger partial charge in [-0.25, -0.2) is 8.78 Å². The molecule has 0 bridgehead atoms. The molecule has 2 aromatic rings. The Morgan fingerprint density at radius 2 is 1.85 bits per heavy atom. The molecule has 1 unspecified atom stereocenters. The molecule has 0 saturated heterocycles. The van der Waals surface area contributed by atoms with E-state index in [0.29, 0.717) is 6.42 Å². The second-order valence-electron chi connectivity index (χ2n) is 4.84. The molecule has 1 aromatic carbocycles. The average molecular weight is 295 g/mol. The first-order valence-electron chi connectivity index (χ1n) is 6.89. The van der Waals surface area contributed by atoms with Gasteiger partial charge in [-0.3, -0.25) is 0 Å². The Morgan fingerprint density at radius 1 is 1.10 bits per heavy atom. The summed E-state index contributed by atoms with van der Waals surface area (Å²) in [5, 5.41) is 5.41. The average Bonchev–Trinajstić information content (AvgIpc) is 2.93. The van der Waals surface area contributed by atoms with Crippen molar-refractivity contribution in [3.05, 3.63) is 57.8 Å². The molecule has 0 aliphatic heterocycles. The van der Waals surface area contributed by atoms with Gasteiger partial charge in [-0.05, 0) is 49.4 Å². The lowest BCUT2D eigenvalue weighted by Crippen LogP contribution is -2.34. The summed E-state index contributed by atoms with van der Waals surface area (Å²) in [5.41, 5.74) is 0.178. The largest absolute Gasteiger partial charge is 0.313 e. The Bertz CT molecular complexity index is 505. The van der Waals surface area contributed by atoms with Gasteiger partial charge in [0.1, 0.15) is 11.6 Å². The second kappa shape index (κ2) is 7.50. The summed E-state index contributed by atoms with van der Waals surface area (Å²) in [7, 11) is 0. The number of halogens is 2. The number of thiophene rings is 1. The van der Waals surface area contributed by atoms with Gasteiger partial charge in [-0.2, -0.15) is 0 Å². The van der Waals surface area contributed by atoms with Crippen LogP contribution in [0, 0.1) is 11.6 Å². The summed E-state index contributed by atoms with van der Waals surface area (Å²) < 4.78 is 27.5. The van der Waals surface area contributed by atoms with Crippen molar-refractivity contribution in [2.75, 3.05) is 6.54 Å². The third-order valence-corrected chi connectivity index (χ3v) is 4.12. The van der Waals surface area contributed by atoms with Gasteiger partial charge in [0.05, 0.1) is 0 Å². The van der Waals surface area contributed by atoms with Crippen LogP contribution in [0.2, 0.25) is 0 Å². The van der Waals surface area contributed by atoms with Gasteiger partial charge < -0.3 is 5.32 Å². The molecule has 0 aliphatic carbocycles. The van der Waals surface area contributed by atoms with Gasteiger partial charge in [0.25, 0.3) is 0 Å². The predicted octanol–water partition coefficient (Wildman–Crippen LogP) is 4.18. The normalized spacial score (nSPS) is 12.6. The van der Waals surface area contributed by atoms with Gasteiger partial charge in [-0.1, -0.05) is 19.1 Å². The minimum atomic E-state index is -0.459. The molecular formula is C16H19F2NS. The minimum Gasteiger partial charge on any atom is -0.313 e. The highest BCUT2D eigenvalue weighted by Gasteiger charge is 2.16. The number of nitrogens with one attached hydrogen (secondary N) is 1. The van der Waals surface area contributed by atoms with Gasteiger partial charge in [0.2, 0.25) is 0 Å². The fraction of sp³-hybridized carbons (Fsp3) is 0.375. The van der Waals surface area contributed by atoms with Crippen LogP contribution in [0.4, 0.5) is 8.78 Å². The summed E-state index contributed by atoms with van der Waals surface area (Å²) in [4.78, 5) is 1.23. The quantitative estimate of drug-likeness (QED) is 0.808. The number of rotatable bonds is 7. The van der Waals surface area contributed by atoms with Crippen LogP contribution >= 0.6 is 11.3 Å². The smallest absolute Gasteiger partial charge is 0.129 e. The standard InChI is InChI=1S/C16H19F2NS/c1-2-8-19-12(10-13-5-4-9-20-13)11-14-15(17)6-3-7-16(14)18/h3-7,9,12,19H,2,8,10-11H2,1H3. The molecular weight excluding hydrogens is 276 g/mol. The molecule has 0 amide bonds. The maximum atomic E-state index is 13.7. The zero-order chi connectivity index (χ0) is 14.4. The number of benzene rings is 1. The lowest BCUT2D eigenvalue weighted by atomic mass is 10.0. The van der Waals surface area contributed by atoms with Gasteiger partial charge in [0, 0.05) is 16.5 Å². The van der Waals surface area contributed by atoms with Crippen LogP contribution in [0.1, 0.15) is 23.8 Å². The summed E-state index contributed by atoms with van der Waals surface area (Å²) in [5.74, 6) is -0.918. The molecule has 1 atom stereocenters. The van der Waals surface area contributed by atoms with Gasteiger partial charge in [-0.15, -0.1) is 11.3 Å². The topological polar surface area (TPSA) is 12.0 Å². The van der Waals surface area contributed by atoms with E-state index in [9.17, 15) is 8.78 Å². The van der Waals surface area contributed by atoms with Crippen molar-refractivity contribution in [2.45, 2.75) is 32.2 Å². The van der Waals surface area contributed by atoms with Crippen LogP contribution in [0.25, 0.3) is 0 Å². The maximum Gasteiger partial charge on any atom is 0.129 e. The Labute approximate surface area is 122 Å². The van der Waals surface area contributed by atoms with E-state index in [1.807, 2.05) is 11.4 Å². The zero-order valence-corrected chi connectivity index (χ0v) is 12.4. The van der Waals surface area contributed by atoms with Crippen molar-refractivity contribution < 1.29 is 8.78 Å². The highest BCUT2D eigenvalue weighted by molar-refractivity contribution is 7.09. The van der Waals surface area contributed by atoms with Crippen molar-refractivity contribution in [1.82, 2.24) is 5.32 Å². The molecule has 0 spiro atoms. The first-order chi connectivity index (χ1) is 9.70. The van der Waals surface area contributed by atoms with Crippen molar-refractivity contribution in [3.63, 3.8) is 0 Å². The molecule has 20 heavy (non-hydrogen) atoms. The van der Waals surface area contributed by atoms with Crippen molar-refractivity contribution in [1.29, 1.82) is 0 Å². The van der Waals surface area contributed by atoms with E-state index in [-0.39, 0.29) is 11.6 Å². The first kappa shape index (κ1) is 15.1. The minimum absolute atomic E-state index is 0.0556. The van der Waals surface area contributed by atoms with Crippen molar-refractivity contribution >= 4 is 11.3 Å². The zero-order valence-electron chi connectivity index (χ0n) is 11.5. The van der Waals surface area contributed by atoms with Crippen LogP contribution in [-0.2, 0) is 12.8 Å². The molecule has 0 fully saturated rings. The summed E-state index contributed by atoms with van der Waals surface area (Å²) >= 11 is 1.68. The third kappa shape index (κ3) is 4.12. The molecule has 4 heteroatoms. The van der Waals surface area contributed by atoms with E-state index in [0.717, 1.165) is 19.4 Å². The summed E-state index contributed by atoms with van der Waals surface area (Å²) in [6.07, 6.45) is 2.17. The van der Waals surface area contributed by atoms with E-state index in [4.69, 9.17) is 0 Å². The fourth-order valence-electron chi connectivity index (χ4n) is 2.21. The fourth-order valence-corrected chi connectivity index (χ4v) is 3.00. The summed E-state index contributed by atoms with van der Waals surface area (Å²) in [6.45, 7) is 2.94. The number of hydrogen-bond donors (Lipinski definition) is 1. The molecule has 108 valence electrons. The van der Waals surface area contributed by atoms with E-state index in [1.165, 1.54) is 23.1 Å². The summed E-state index contributed by atoms with van der Waals surface area (Å²) in [6, 6.07) is 8.16. The van der Waals surface area contributed by atoms with Crippen LogP contribution < -0.4 is 5.32 Å². The second-order valence-corrected chi connectivity index (χ2v) is 5.87.